The molecule has 0 spiro atoms. The highest BCUT2D eigenvalue weighted by atomic mass is 16.1. The van der Waals surface area contributed by atoms with Gasteiger partial charge in [-0.25, -0.2) is 0 Å². The van der Waals surface area contributed by atoms with Gasteiger partial charge in [-0.05, 0) is 24.1 Å². The maximum atomic E-state index is 12.6. The molecular weight excluding hydrogens is 314 g/mol. The van der Waals surface area contributed by atoms with Crippen LogP contribution in [-0.2, 0) is 13.0 Å². The van der Waals surface area contributed by atoms with Crippen molar-refractivity contribution in [3.8, 4) is 0 Å². The van der Waals surface area contributed by atoms with Gasteiger partial charge < -0.3 is 10.6 Å². The number of rotatable bonds is 5. The maximum Gasteiger partial charge on any atom is 0.276 e. The predicted octanol–water partition coefficient (Wildman–Crippen LogP) is 1.96. The summed E-state index contributed by atoms with van der Waals surface area (Å²) in [5.74, 6) is 0.970. The number of aryl methyl sites for hydroxylation is 2. The minimum atomic E-state index is 0.0149. The zero-order valence-electron chi connectivity index (χ0n) is 14.2. The Morgan fingerprint density at radius 1 is 1.20 bits per heavy atom. The highest BCUT2D eigenvalue weighted by Crippen LogP contribution is 2.18. The molecule has 6 nitrogen and oxygen atoms in total. The molecule has 128 valence electrons. The van der Waals surface area contributed by atoms with Crippen LogP contribution in [0.5, 0.6) is 0 Å². The fraction of sp³-hybridized carbons (Fsp3) is 0.263. The van der Waals surface area contributed by atoms with Crippen LogP contribution in [-0.4, -0.2) is 35.8 Å². The normalized spacial score (nSPS) is 13.7. The molecule has 0 amide bonds. The first kappa shape index (κ1) is 15.5. The fourth-order valence-electron chi connectivity index (χ4n) is 3.23. The third kappa shape index (κ3) is 2.91. The number of nitrogens with zero attached hydrogens (tertiary/aromatic N) is 2. The van der Waals surface area contributed by atoms with Crippen molar-refractivity contribution in [1.29, 1.82) is 0 Å². The van der Waals surface area contributed by atoms with Crippen molar-refractivity contribution in [3.63, 3.8) is 0 Å². The summed E-state index contributed by atoms with van der Waals surface area (Å²) < 4.78 is 1.68. The Bertz CT molecular complexity index is 981. The lowest BCUT2D eigenvalue weighted by Crippen LogP contribution is -2.19. The van der Waals surface area contributed by atoms with Crippen molar-refractivity contribution in [2.24, 2.45) is 4.99 Å². The minimum Gasteiger partial charge on any atom is -0.387 e. The Balaban J connectivity index is 1.52. The van der Waals surface area contributed by atoms with E-state index in [1.165, 1.54) is 5.56 Å². The van der Waals surface area contributed by atoms with E-state index in [0.29, 0.717) is 11.9 Å². The van der Waals surface area contributed by atoms with Gasteiger partial charge in [-0.15, -0.1) is 0 Å². The third-order valence-electron chi connectivity index (χ3n) is 4.57. The van der Waals surface area contributed by atoms with Crippen LogP contribution in [0.25, 0.3) is 10.9 Å². The lowest BCUT2D eigenvalue weighted by atomic mass is 10.1. The quantitative estimate of drug-likeness (QED) is 0.667. The molecule has 0 bridgehead atoms. The second-order valence-electron chi connectivity index (χ2n) is 6.15. The molecule has 1 aliphatic heterocycles. The molecule has 6 heteroatoms. The van der Waals surface area contributed by atoms with E-state index < -0.39 is 0 Å². The van der Waals surface area contributed by atoms with Gasteiger partial charge >= 0.3 is 0 Å². The van der Waals surface area contributed by atoms with Gasteiger partial charge in [0, 0.05) is 31.4 Å². The van der Waals surface area contributed by atoms with Crippen molar-refractivity contribution in [2.45, 2.75) is 13.0 Å². The van der Waals surface area contributed by atoms with Crippen LogP contribution in [0, 0.1) is 0 Å². The molecule has 1 aliphatic rings. The molecule has 25 heavy (non-hydrogen) atoms. The number of H-pyrrole nitrogens is 1. The lowest BCUT2D eigenvalue weighted by molar-refractivity contribution is 0.603. The summed E-state index contributed by atoms with van der Waals surface area (Å²) >= 11 is 0. The first-order valence-corrected chi connectivity index (χ1v) is 8.53. The highest BCUT2D eigenvalue weighted by Gasteiger charge is 2.11. The number of hydrogen-bond donors (Lipinski definition) is 3. The number of aliphatic imine (C=N–C) groups is 1. The number of aromatic nitrogens is 2. The van der Waals surface area contributed by atoms with Crippen molar-refractivity contribution in [2.75, 3.05) is 25.5 Å². The van der Waals surface area contributed by atoms with Gasteiger partial charge in [-0.3, -0.25) is 19.6 Å². The Morgan fingerprint density at radius 3 is 2.76 bits per heavy atom. The molecule has 0 saturated carbocycles. The van der Waals surface area contributed by atoms with Crippen LogP contribution in [0.2, 0.25) is 0 Å². The highest BCUT2D eigenvalue weighted by molar-refractivity contribution is 5.99. The predicted molar refractivity (Wildman–Crippen MR) is 102 cm³/mol. The number of aromatic amines is 1. The van der Waals surface area contributed by atoms with Gasteiger partial charge in [0.15, 0.2) is 0 Å². The summed E-state index contributed by atoms with van der Waals surface area (Å²) in [5.41, 5.74) is 4.04. The summed E-state index contributed by atoms with van der Waals surface area (Å²) in [5, 5.41) is 10.3. The van der Waals surface area contributed by atoms with Crippen LogP contribution in [0.15, 0.2) is 52.3 Å². The molecule has 2 heterocycles. The van der Waals surface area contributed by atoms with Gasteiger partial charge in [0.2, 0.25) is 0 Å². The first-order chi connectivity index (χ1) is 12.3. The smallest absolute Gasteiger partial charge is 0.276 e. The van der Waals surface area contributed by atoms with E-state index in [1.54, 1.807) is 4.68 Å². The molecule has 0 fully saturated rings. The monoisotopic (exact) mass is 335 g/mol. The zero-order chi connectivity index (χ0) is 17.2. The Kier molecular flexibility index (Phi) is 4.01. The molecule has 3 N–H and O–H groups in total. The number of anilines is 1. The number of amidine groups is 1. The average molecular weight is 335 g/mol. The summed E-state index contributed by atoms with van der Waals surface area (Å²) in [4.78, 5) is 17.1. The van der Waals surface area contributed by atoms with Crippen molar-refractivity contribution in [3.05, 3.63) is 63.9 Å². The van der Waals surface area contributed by atoms with Crippen LogP contribution in [0.4, 0.5) is 5.69 Å². The van der Waals surface area contributed by atoms with Gasteiger partial charge in [0.1, 0.15) is 5.84 Å². The zero-order valence-corrected chi connectivity index (χ0v) is 14.2. The van der Waals surface area contributed by atoms with E-state index in [4.69, 9.17) is 0 Å². The van der Waals surface area contributed by atoms with E-state index in [2.05, 4.69) is 45.0 Å². The molecule has 0 radical (unpaired) electrons. The standard InChI is InChI=1S/C19H21N5O/c1-20-15-3-2-4-16-17(15)19(25)24(23-16)12-9-13-5-7-14(8-6-13)18-21-10-11-22-18/h2-8,20,23H,9-12H2,1H3,(H,21,22). The van der Waals surface area contributed by atoms with E-state index in [9.17, 15) is 4.79 Å². The second kappa shape index (κ2) is 6.47. The maximum absolute atomic E-state index is 12.6. The minimum absolute atomic E-state index is 0.0149. The average Bonchev–Trinajstić information content (AvgIpc) is 3.29. The van der Waals surface area contributed by atoms with Crippen molar-refractivity contribution < 1.29 is 0 Å². The molecule has 0 aliphatic carbocycles. The van der Waals surface area contributed by atoms with Crippen LogP contribution in [0.1, 0.15) is 11.1 Å². The van der Waals surface area contributed by atoms with Gasteiger partial charge in [-0.1, -0.05) is 30.3 Å². The first-order valence-electron chi connectivity index (χ1n) is 8.53. The number of benzene rings is 2. The fourth-order valence-corrected chi connectivity index (χ4v) is 3.23. The van der Waals surface area contributed by atoms with E-state index >= 15 is 0 Å². The summed E-state index contributed by atoms with van der Waals surface area (Å²) in [6.45, 7) is 2.37. The van der Waals surface area contributed by atoms with E-state index in [0.717, 1.165) is 42.1 Å². The van der Waals surface area contributed by atoms with Crippen LogP contribution in [0.3, 0.4) is 0 Å². The van der Waals surface area contributed by atoms with Gasteiger partial charge in [0.25, 0.3) is 5.56 Å². The number of fused-ring (bicyclic) bond motifs is 1. The summed E-state index contributed by atoms with van der Waals surface area (Å²) in [6.07, 6.45) is 0.793. The Labute approximate surface area is 145 Å². The molecule has 2 aromatic carbocycles. The molecule has 3 aromatic rings. The van der Waals surface area contributed by atoms with Gasteiger partial charge in [0.05, 0.1) is 17.4 Å². The van der Waals surface area contributed by atoms with E-state index in [1.807, 2.05) is 25.2 Å². The van der Waals surface area contributed by atoms with Gasteiger partial charge in [-0.2, -0.15) is 0 Å². The molecule has 0 atom stereocenters. The lowest BCUT2D eigenvalue weighted by Gasteiger charge is -2.05. The topological polar surface area (TPSA) is 74.2 Å². The summed E-state index contributed by atoms with van der Waals surface area (Å²) in [6, 6.07) is 14.2. The molecule has 0 saturated heterocycles. The van der Waals surface area contributed by atoms with Crippen molar-refractivity contribution >= 4 is 22.4 Å². The Morgan fingerprint density at radius 2 is 2.04 bits per heavy atom. The SMILES string of the molecule is CNc1cccc2[nH]n(CCc3ccc(C4=NCCN4)cc3)c(=O)c12. The van der Waals surface area contributed by atoms with Crippen LogP contribution < -0.4 is 16.2 Å². The third-order valence-corrected chi connectivity index (χ3v) is 4.57. The molecular formula is C19H21N5O. The summed E-state index contributed by atoms with van der Waals surface area (Å²) in [7, 11) is 1.83. The van der Waals surface area contributed by atoms with E-state index in [-0.39, 0.29) is 5.56 Å². The second-order valence-corrected chi connectivity index (χ2v) is 6.15. The van der Waals surface area contributed by atoms with Crippen molar-refractivity contribution in [1.82, 2.24) is 15.1 Å². The number of hydrogen-bond acceptors (Lipinski definition) is 4. The molecule has 0 unspecified atom stereocenters. The largest absolute Gasteiger partial charge is 0.387 e. The number of nitrogens with one attached hydrogen (secondary N) is 3. The Hall–Kier alpha value is -3.02. The molecule has 4 rings (SSSR count). The van der Waals surface area contributed by atoms with Crippen LogP contribution >= 0.6 is 0 Å². The molecule has 1 aromatic heterocycles.